The van der Waals surface area contributed by atoms with Crippen molar-refractivity contribution in [3.63, 3.8) is 0 Å². The first-order valence-corrected chi connectivity index (χ1v) is 4.25. The highest BCUT2D eigenvalue weighted by molar-refractivity contribution is 5.29. The summed E-state index contributed by atoms with van der Waals surface area (Å²) in [6.45, 7) is 3.57. The Labute approximate surface area is 82.4 Å². The molecule has 1 atom stereocenters. The van der Waals surface area contributed by atoms with E-state index in [1.54, 1.807) is 6.08 Å². The van der Waals surface area contributed by atoms with E-state index in [9.17, 15) is 4.39 Å². The van der Waals surface area contributed by atoms with Gasteiger partial charge in [0, 0.05) is 11.6 Å². The Bertz CT molecular complexity index is 328. The van der Waals surface area contributed by atoms with Crippen LogP contribution in [0.4, 0.5) is 4.39 Å². The molecule has 0 unspecified atom stereocenters. The van der Waals surface area contributed by atoms with Gasteiger partial charge in [0.2, 0.25) is 5.88 Å². The second-order valence-electron chi connectivity index (χ2n) is 2.88. The van der Waals surface area contributed by atoms with E-state index in [2.05, 4.69) is 11.6 Å². The van der Waals surface area contributed by atoms with E-state index in [0.717, 1.165) is 6.20 Å². The Kier molecular flexibility index (Phi) is 3.59. The molecule has 14 heavy (non-hydrogen) atoms. The molecule has 0 fully saturated rings. The van der Waals surface area contributed by atoms with Crippen molar-refractivity contribution in [2.75, 3.05) is 7.11 Å². The van der Waals surface area contributed by atoms with Crippen LogP contribution in [0.3, 0.4) is 0 Å². The van der Waals surface area contributed by atoms with E-state index < -0.39 is 5.82 Å². The number of halogens is 1. The van der Waals surface area contributed by atoms with Crippen LogP contribution in [0, 0.1) is 5.82 Å². The second kappa shape index (κ2) is 4.72. The van der Waals surface area contributed by atoms with Gasteiger partial charge in [-0.3, -0.25) is 0 Å². The lowest BCUT2D eigenvalue weighted by Gasteiger charge is -2.12. The summed E-state index contributed by atoms with van der Waals surface area (Å²) in [4.78, 5) is 3.79. The van der Waals surface area contributed by atoms with E-state index in [0.29, 0.717) is 17.9 Å². The van der Waals surface area contributed by atoms with Crippen LogP contribution in [0.15, 0.2) is 24.9 Å². The summed E-state index contributed by atoms with van der Waals surface area (Å²) < 4.78 is 17.9. The lowest BCUT2D eigenvalue weighted by molar-refractivity contribution is 0.386. The molecule has 1 aromatic rings. The maximum Gasteiger partial charge on any atom is 0.218 e. The predicted molar refractivity (Wildman–Crippen MR) is 52.5 cm³/mol. The number of ether oxygens (including phenoxy) is 1. The molecule has 76 valence electrons. The first kappa shape index (κ1) is 10.7. The summed E-state index contributed by atoms with van der Waals surface area (Å²) in [7, 11) is 1.48. The molecule has 0 aromatic carbocycles. The van der Waals surface area contributed by atoms with Crippen molar-refractivity contribution < 1.29 is 9.13 Å². The molecule has 0 spiro atoms. The minimum absolute atomic E-state index is 0.328. The van der Waals surface area contributed by atoms with Crippen LogP contribution < -0.4 is 10.5 Å². The van der Waals surface area contributed by atoms with Gasteiger partial charge in [0.15, 0.2) is 0 Å². The molecule has 0 aliphatic rings. The van der Waals surface area contributed by atoms with Crippen molar-refractivity contribution in [3.8, 4) is 5.88 Å². The van der Waals surface area contributed by atoms with Crippen molar-refractivity contribution in [3.05, 3.63) is 36.3 Å². The summed E-state index contributed by atoms with van der Waals surface area (Å²) in [6, 6.07) is 1.01. The molecule has 3 nitrogen and oxygen atoms in total. The minimum atomic E-state index is -0.416. The highest BCUT2D eigenvalue weighted by Gasteiger charge is 2.12. The highest BCUT2D eigenvalue weighted by atomic mass is 19.1. The van der Waals surface area contributed by atoms with Gasteiger partial charge in [-0.15, -0.1) is 6.58 Å². The van der Waals surface area contributed by atoms with Crippen LogP contribution >= 0.6 is 0 Å². The largest absolute Gasteiger partial charge is 0.481 e. The summed E-state index contributed by atoms with van der Waals surface area (Å²) in [5, 5.41) is 0. The maximum atomic E-state index is 12.9. The summed E-state index contributed by atoms with van der Waals surface area (Å²) in [5.74, 6) is -0.0546. The first-order valence-electron chi connectivity index (χ1n) is 4.25. The van der Waals surface area contributed by atoms with E-state index >= 15 is 0 Å². The van der Waals surface area contributed by atoms with Crippen LogP contribution in [-0.2, 0) is 0 Å². The number of hydrogen-bond acceptors (Lipinski definition) is 3. The van der Waals surface area contributed by atoms with Crippen LogP contribution in [0.5, 0.6) is 5.88 Å². The third kappa shape index (κ3) is 2.29. The third-order valence-electron chi connectivity index (χ3n) is 1.86. The van der Waals surface area contributed by atoms with E-state index in [4.69, 9.17) is 10.5 Å². The number of pyridine rings is 1. The molecule has 1 heterocycles. The number of aromatic nitrogens is 1. The molecule has 4 heteroatoms. The molecule has 0 saturated heterocycles. The van der Waals surface area contributed by atoms with Gasteiger partial charge in [-0.25, -0.2) is 9.37 Å². The molecular formula is C10H13FN2O. The zero-order chi connectivity index (χ0) is 10.6. The Hall–Kier alpha value is -1.42. The quantitative estimate of drug-likeness (QED) is 0.747. The van der Waals surface area contributed by atoms with Crippen LogP contribution in [-0.4, -0.2) is 12.1 Å². The molecular weight excluding hydrogens is 183 g/mol. The third-order valence-corrected chi connectivity index (χ3v) is 1.86. The average molecular weight is 196 g/mol. The summed E-state index contributed by atoms with van der Waals surface area (Å²) >= 11 is 0. The normalized spacial score (nSPS) is 12.2. The molecule has 0 amide bonds. The van der Waals surface area contributed by atoms with Crippen molar-refractivity contribution in [1.82, 2.24) is 4.98 Å². The second-order valence-corrected chi connectivity index (χ2v) is 2.88. The lowest BCUT2D eigenvalue weighted by atomic mass is 10.1. The fourth-order valence-electron chi connectivity index (χ4n) is 1.19. The van der Waals surface area contributed by atoms with Gasteiger partial charge in [0.1, 0.15) is 5.82 Å². The van der Waals surface area contributed by atoms with Gasteiger partial charge < -0.3 is 10.5 Å². The van der Waals surface area contributed by atoms with Crippen molar-refractivity contribution in [1.29, 1.82) is 0 Å². The van der Waals surface area contributed by atoms with Gasteiger partial charge >= 0.3 is 0 Å². The predicted octanol–water partition coefficient (Wildman–Crippen LogP) is 1.81. The molecule has 0 aliphatic carbocycles. The molecule has 0 bridgehead atoms. The summed E-state index contributed by atoms with van der Waals surface area (Å²) in [5.41, 5.74) is 6.36. The maximum absolute atomic E-state index is 12.9. The number of methoxy groups -OCH3 is 1. The van der Waals surface area contributed by atoms with Gasteiger partial charge in [0.05, 0.1) is 13.3 Å². The molecule has 0 aliphatic heterocycles. The number of nitrogens with zero attached hydrogens (tertiary/aromatic N) is 1. The first-order chi connectivity index (χ1) is 6.69. The SMILES string of the molecule is C=CC[C@@H](N)c1cc(F)cnc1OC. The average Bonchev–Trinajstić information content (AvgIpc) is 2.18. The molecule has 0 saturated carbocycles. The van der Waals surface area contributed by atoms with Crippen LogP contribution in [0.1, 0.15) is 18.0 Å². The smallest absolute Gasteiger partial charge is 0.218 e. The highest BCUT2D eigenvalue weighted by Crippen LogP contribution is 2.23. The van der Waals surface area contributed by atoms with Crippen molar-refractivity contribution in [2.24, 2.45) is 5.73 Å². The monoisotopic (exact) mass is 196 g/mol. The Morgan fingerprint density at radius 2 is 2.50 bits per heavy atom. The lowest BCUT2D eigenvalue weighted by Crippen LogP contribution is -2.11. The number of nitrogens with two attached hydrogens (primary N) is 1. The van der Waals surface area contributed by atoms with Crippen LogP contribution in [0.2, 0.25) is 0 Å². The Balaban J connectivity index is 3.02. The van der Waals surface area contributed by atoms with Gasteiger partial charge in [-0.1, -0.05) is 6.08 Å². The minimum Gasteiger partial charge on any atom is -0.481 e. The molecule has 1 aromatic heterocycles. The van der Waals surface area contributed by atoms with Gasteiger partial charge in [-0.2, -0.15) is 0 Å². The fourth-order valence-corrected chi connectivity index (χ4v) is 1.19. The Morgan fingerprint density at radius 3 is 3.07 bits per heavy atom. The number of hydrogen-bond donors (Lipinski definition) is 1. The van der Waals surface area contributed by atoms with Crippen LogP contribution in [0.25, 0.3) is 0 Å². The zero-order valence-electron chi connectivity index (χ0n) is 8.03. The van der Waals surface area contributed by atoms with E-state index in [1.165, 1.54) is 13.2 Å². The van der Waals surface area contributed by atoms with Crippen molar-refractivity contribution >= 4 is 0 Å². The van der Waals surface area contributed by atoms with E-state index in [1.807, 2.05) is 0 Å². The zero-order valence-corrected chi connectivity index (χ0v) is 8.03. The molecule has 2 N–H and O–H groups in total. The van der Waals surface area contributed by atoms with Crippen molar-refractivity contribution in [2.45, 2.75) is 12.5 Å². The standard InChI is InChI=1S/C10H13FN2O/c1-3-4-9(12)8-5-7(11)6-13-10(8)14-2/h3,5-6,9H,1,4,12H2,2H3/t9-/m1/s1. The number of rotatable bonds is 4. The topological polar surface area (TPSA) is 48.1 Å². The Morgan fingerprint density at radius 1 is 1.79 bits per heavy atom. The summed E-state index contributed by atoms with van der Waals surface area (Å²) in [6.07, 6.45) is 3.33. The van der Waals surface area contributed by atoms with Gasteiger partial charge in [-0.05, 0) is 12.5 Å². The van der Waals surface area contributed by atoms with Gasteiger partial charge in [0.25, 0.3) is 0 Å². The molecule has 0 radical (unpaired) electrons. The van der Waals surface area contributed by atoms with E-state index in [-0.39, 0.29) is 6.04 Å². The molecule has 1 rings (SSSR count). The fraction of sp³-hybridized carbons (Fsp3) is 0.300.